The molecule has 6 nitrogen and oxygen atoms in total. The fourth-order valence-electron chi connectivity index (χ4n) is 4.71. The number of hydrogen-bond donors (Lipinski definition) is 2. The molecule has 2 N–H and O–H groups in total. The second-order valence-electron chi connectivity index (χ2n) is 7.86. The molecular formula is C19H31ClN4O2. The molecule has 1 aromatic heterocycles. The van der Waals surface area contributed by atoms with Gasteiger partial charge in [-0.1, -0.05) is 6.42 Å². The van der Waals surface area contributed by atoms with Gasteiger partial charge in [-0.25, -0.2) is 0 Å². The van der Waals surface area contributed by atoms with E-state index in [1.165, 1.54) is 30.5 Å². The average Bonchev–Trinajstić information content (AvgIpc) is 2.87. The van der Waals surface area contributed by atoms with Crippen LogP contribution in [0.15, 0.2) is 0 Å². The second kappa shape index (κ2) is 8.72. The third kappa shape index (κ3) is 4.07. The van der Waals surface area contributed by atoms with E-state index in [4.69, 9.17) is 4.74 Å². The fraction of sp³-hybridized carbons (Fsp3) is 0.789. The van der Waals surface area contributed by atoms with E-state index in [0.717, 1.165) is 50.9 Å². The summed E-state index contributed by atoms with van der Waals surface area (Å²) < 4.78 is 5.83. The molecular weight excluding hydrogens is 352 g/mol. The largest absolute Gasteiger partial charge is 0.375 e. The number of rotatable bonds is 3. The summed E-state index contributed by atoms with van der Waals surface area (Å²) in [5.41, 5.74) is 3.72. The second-order valence-corrected chi connectivity index (χ2v) is 7.86. The first-order valence-electron chi connectivity index (χ1n) is 9.87. The highest BCUT2D eigenvalue weighted by molar-refractivity contribution is 5.85. The summed E-state index contributed by atoms with van der Waals surface area (Å²) in [5, 5.41) is 11.3. The lowest BCUT2D eigenvalue weighted by Gasteiger charge is -2.40. The third-order valence-corrected chi connectivity index (χ3v) is 6.13. The first-order valence-corrected chi connectivity index (χ1v) is 9.87. The van der Waals surface area contributed by atoms with Crippen molar-refractivity contribution < 1.29 is 9.53 Å². The molecule has 7 heteroatoms. The van der Waals surface area contributed by atoms with Gasteiger partial charge in [-0.2, -0.15) is 5.10 Å². The molecule has 0 aromatic carbocycles. The molecule has 4 rings (SSSR count). The van der Waals surface area contributed by atoms with Crippen molar-refractivity contribution in [3.63, 3.8) is 0 Å². The monoisotopic (exact) mass is 382 g/mol. The van der Waals surface area contributed by atoms with Crippen LogP contribution >= 0.6 is 12.4 Å². The molecule has 1 saturated carbocycles. The minimum absolute atomic E-state index is 0. The Hall–Kier alpha value is -1.11. The first-order chi connectivity index (χ1) is 12.2. The van der Waals surface area contributed by atoms with Gasteiger partial charge in [0.1, 0.15) is 0 Å². The van der Waals surface area contributed by atoms with Gasteiger partial charge in [-0.3, -0.25) is 9.89 Å². The van der Waals surface area contributed by atoms with Crippen LogP contribution in [0.2, 0.25) is 0 Å². The number of amides is 1. The highest BCUT2D eigenvalue weighted by atomic mass is 35.5. The van der Waals surface area contributed by atoms with Gasteiger partial charge in [0.05, 0.1) is 24.9 Å². The van der Waals surface area contributed by atoms with E-state index in [9.17, 15) is 4.79 Å². The smallest absolute Gasteiger partial charge is 0.225 e. The lowest BCUT2D eigenvalue weighted by molar-refractivity contribution is -0.138. The average molecular weight is 383 g/mol. The molecule has 2 heterocycles. The van der Waals surface area contributed by atoms with Crippen molar-refractivity contribution in [2.24, 2.45) is 5.92 Å². The van der Waals surface area contributed by atoms with Crippen LogP contribution in [0.5, 0.6) is 0 Å². The maximum atomic E-state index is 13.0. The number of nitrogens with one attached hydrogen (secondary N) is 2. The van der Waals surface area contributed by atoms with Crippen LogP contribution in [0, 0.1) is 5.92 Å². The number of H-pyrrole nitrogens is 1. The number of morpholine rings is 1. The Morgan fingerprint density at radius 3 is 3.00 bits per heavy atom. The zero-order valence-electron chi connectivity index (χ0n) is 15.6. The molecule has 1 aromatic rings. The van der Waals surface area contributed by atoms with Crippen LogP contribution in [0.4, 0.5) is 0 Å². The van der Waals surface area contributed by atoms with E-state index in [1.54, 1.807) is 0 Å². The van der Waals surface area contributed by atoms with Crippen molar-refractivity contribution in [2.45, 2.75) is 70.1 Å². The summed E-state index contributed by atoms with van der Waals surface area (Å²) in [6.45, 7) is 2.32. The molecule has 1 amide bonds. The quantitative estimate of drug-likeness (QED) is 0.786. The van der Waals surface area contributed by atoms with Gasteiger partial charge in [0.15, 0.2) is 0 Å². The maximum absolute atomic E-state index is 13.0. The molecule has 2 aliphatic carbocycles. The normalized spacial score (nSPS) is 28.3. The lowest BCUT2D eigenvalue weighted by atomic mass is 9.82. The Morgan fingerprint density at radius 1 is 1.27 bits per heavy atom. The molecule has 3 atom stereocenters. The van der Waals surface area contributed by atoms with E-state index >= 15 is 0 Å². The highest BCUT2D eigenvalue weighted by Gasteiger charge is 2.37. The van der Waals surface area contributed by atoms with E-state index < -0.39 is 0 Å². The summed E-state index contributed by atoms with van der Waals surface area (Å²) >= 11 is 0. The Labute approximate surface area is 161 Å². The van der Waals surface area contributed by atoms with Gasteiger partial charge < -0.3 is 15.0 Å². The fourth-order valence-corrected chi connectivity index (χ4v) is 4.71. The van der Waals surface area contributed by atoms with Crippen LogP contribution in [0.1, 0.15) is 55.5 Å². The molecule has 1 saturated heterocycles. The van der Waals surface area contributed by atoms with Crippen molar-refractivity contribution in [3.8, 4) is 0 Å². The lowest BCUT2D eigenvalue weighted by Crippen LogP contribution is -2.53. The Kier molecular flexibility index (Phi) is 6.59. The van der Waals surface area contributed by atoms with Crippen LogP contribution in [0.25, 0.3) is 0 Å². The molecule has 0 radical (unpaired) electrons. The number of aryl methyl sites for hydroxylation is 1. The first kappa shape index (κ1) is 19.6. The van der Waals surface area contributed by atoms with Crippen molar-refractivity contribution in [3.05, 3.63) is 17.0 Å². The maximum Gasteiger partial charge on any atom is 0.225 e. The topological polar surface area (TPSA) is 70.2 Å². The van der Waals surface area contributed by atoms with Crippen LogP contribution < -0.4 is 5.32 Å². The highest BCUT2D eigenvalue weighted by Crippen LogP contribution is 2.30. The zero-order chi connectivity index (χ0) is 17.2. The van der Waals surface area contributed by atoms with Gasteiger partial charge in [0, 0.05) is 31.2 Å². The molecule has 1 aliphatic heterocycles. The Morgan fingerprint density at radius 2 is 2.12 bits per heavy atom. The number of carbonyl (C=O) groups excluding carboxylic acids is 1. The third-order valence-electron chi connectivity index (χ3n) is 6.13. The van der Waals surface area contributed by atoms with Gasteiger partial charge >= 0.3 is 0 Å². The summed E-state index contributed by atoms with van der Waals surface area (Å²) in [6, 6.07) is 0.339. The van der Waals surface area contributed by atoms with Crippen LogP contribution in [-0.4, -0.2) is 53.3 Å². The molecule has 0 unspecified atom stereocenters. The zero-order valence-corrected chi connectivity index (χ0v) is 16.4. The van der Waals surface area contributed by atoms with Gasteiger partial charge in [-0.15, -0.1) is 12.4 Å². The minimum atomic E-state index is 0. The SMILES string of the molecule is CN(Cc1n[nH]c2c1CCCCC2)C(=O)[C@H]1CC[C@H]2OCCN[C@@H]2C1.Cl. The molecule has 26 heavy (non-hydrogen) atoms. The molecule has 3 aliphatic rings. The van der Waals surface area contributed by atoms with E-state index in [2.05, 4.69) is 15.5 Å². The molecule has 2 fully saturated rings. The number of aromatic nitrogens is 2. The van der Waals surface area contributed by atoms with E-state index in [-0.39, 0.29) is 24.2 Å². The minimum Gasteiger partial charge on any atom is -0.375 e. The number of nitrogens with zero attached hydrogens (tertiary/aromatic N) is 2. The van der Waals surface area contributed by atoms with Crippen molar-refractivity contribution in [2.75, 3.05) is 20.2 Å². The number of ether oxygens (including phenoxy) is 1. The van der Waals surface area contributed by atoms with Crippen molar-refractivity contribution in [1.82, 2.24) is 20.4 Å². The predicted octanol–water partition coefficient (Wildman–Crippen LogP) is 2.22. The Bertz CT molecular complexity index is 621. The number of hydrogen-bond acceptors (Lipinski definition) is 4. The number of carbonyl (C=O) groups is 1. The van der Waals surface area contributed by atoms with Gasteiger partial charge in [0.25, 0.3) is 0 Å². The molecule has 0 bridgehead atoms. The van der Waals surface area contributed by atoms with Crippen LogP contribution in [-0.2, 0) is 28.9 Å². The van der Waals surface area contributed by atoms with Crippen molar-refractivity contribution >= 4 is 18.3 Å². The van der Waals surface area contributed by atoms with E-state index in [1.807, 2.05) is 11.9 Å². The Balaban J connectivity index is 0.00000196. The predicted molar refractivity (Wildman–Crippen MR) is 102 cm³/mol. The van der Waals surface area contributed by atoms with Gasteiger partial charge in [0.2, 0.25) is 5.91 Å². The number of aromatic amines is 1. The number of halogens is 1. The summed E-state index contributed by atoms with van der Waals surface area (Å²) in [7, 11) is 1.93. The molecule has 0 spiro atoms. The van der Waals surface area contributed by atoms with Crippen molar-refractivity contribution in [1.29, 1.82) is 0 Å². The summed E-state index contributed by atoms with van der Waals surface area (Å²) in [6.07, 6.45) is 9.06. The van der Waals surface area contributed by atoms with Gasteiger partial charge in [-0.05, 0) is 50.5 Å². The van der Waals surface area contributed by atoms with Crippen LogP contribution in [0.3, 0.4) is 0 Å². The number of fused-ring (bicyclic) bond motifs is 2. The summed E-state index contributed by atoms with van der Waals surface area (Å²) in [5.74, 6) is 0.370. The molecule has 146 valence electrons. The van der Waals surface area contributed by atoms with E-state index in [0.29, 0.717) is 18.7 Å². The standard InChI is InChI=1S/C19H30N4O2.ClH/c1-23(12-17-14-5-3-2-4-6-15(14)21-22-17)19(24)13-7-8-18-16(11-13)20-9-10-25-18;/h13,16,18,20H,2-12H2,1H3,(H,21,22);1H/t13-,16+,18+;/m0./s1. The summed E-state index contributed by atoms with van der Waals surface area (Å²) in [4.78, 5) is 14.8.